The summed E-state index contributed by atoms with van der Waals surface area (Å²) >= 11 is 0. The zero-order chi connectivity index (χ0) is 16.3. The summed E-state index contributed by atoms with van der Waals surface area (Å²) in [7, 11) is -3.31. The maximum Gasteiger partial charge on any atom is 0.260 e. The fourth-order valence-corrected chi connectivity index (χ4v) is 3.12. The van der Waals surface area contributed by atoms with Crippen LogP contribution in [0.15, 0.2) is 16.9 Å². The van der Waals surface area contributed by atoms with Crippen LogP contribution in [-0.4, -0.2) is 49.6 Å². The van der Waals surface area contributed by atoms with Gasteiger partial charge in [-0.25, -0.2) is 13.1 Å². The monoisotopic (exact) mass is 327 g/mol. The lowest BCUT2D eigenvalue weighted by Gasteiger charge is -2.35. The Morgan fingerprint density at radius 3 is 2.77 bits per heavy atom. The first-order valence-corrected chi connectivity index (χ1v) is 9.12. The highest BCUT2D eigenvalue weighted by Gasteiger charge is 2.29. The number of likely N-dealkylation sites (tertiary alicyclic amines) is 1. The third-order valence-corrected chi connectivity index (χ3v) is 4.45. The van der Waals surface area contributed by atoms with Crippen molar-refractivity contribution < 1.29 is 13.2 Å². The van der Waals surface area contributed by atoms with Gasteiger partial charge in [-0.2, -0.15) is 0 Å². The molecule has 1 amide bonds. The maximum absolute atomic E-state index is 12.6. The van der Waals surface area contributed by atoms with Crippen molar-refractivity contribution in [1.82, 2.24) is 14.6 Å². The van der Waals surface area contributed by atoms with Gasteiger partial charge in [-0.05, 0) is 38.3 Å². The van der Waals surface area contributed by atoms with Gasteiger partial charge in [-0.15, -0.1) is 0 Å². The summed E-state index contributed by atoms with van der Waals surface area (Å²) in [5.74, 6) is -0.346. The van der Waals surface area contributed by atoms with Gasteiger partial charge < -0.3 is 9.88 Å². The Morgan fingerprint density at radius 1 is 1.41 bits per heavy atom. The van der Waals surface area contributed by atoms with Crippen LogP contribution >= 0.6 is 0 Å². The Kier molecular flexibility index (Phi) is 5.02. The summed E-state index contributed by atoms with van der Waals surface area (Å²) in [5, 5.41) is 0. The van der Waals surface area contributed by atoms with Crippen molar-refractivity contribution in [2.24, 2.45) is 0 Å². The van der Waals surface area contributed by atoms with E-state index in [9.17, 15) is 18.0 Å². The molecule has 1 aliphatic rings. The molecule has 1 saturated heterocycles. The van der Waals surface area contributed by atoms with Gasteiger partial charge in [0.25, 0.3) is 11.5 Å². The molecule has 1 aromatic rings. The first-order chi connectivity index (χ1) is 10.3. The molecule has 0 bridgehead atoms. The minimum Gasteiger partial charge on any atom is -0.334 e. The Morgan fingerprint density at radius 2 is 2.14 bits per heavy atom. The number of aryl methyl sites for hydroxylation is 1. The molecular formula is C14H21N3O4S. The summed E-state index contributed by atoms with van der Waals surface area (Å²) in [4.78, 5) is 28.7. The van der Waals surface area contributed by atoms with E-state index in [4.69, 9.17) is 0 Å². The molecule has 0 radical (unpaired) electrons. The zero-order valence-electron chi connectivity index (χ0n) is 12.8. The number of amides is 1. The molecule has 1 aliphatic heterocycles. The largest absolute Gasteiger partial charge is 0.334 e. The molecule has 8 heteroatoms. The quantitative estimate of drug-likeness (QED) is 0.827. The lowest BCUT2D eigenvalue weighted by Crippen LogP contribution is -2.50. The first kappa shape index (κ1) is 16.7. The van der Waals surface area contributed by atoms with E-state index in [0.717, 1.165) is 25.5 Å². The Labute approximate surface area is 129 Å². The molecule has 2 heterocycles. The average molecular weight is 327 g/mol. The standard InChI is InChI=1S/C14H21N3O4S/c1-10-6-7-12(13(18)16-10)14(19)17-8-4-3-5-11(17)9-15-22(2,20)21/h6-7,11,15H,3-5,8-9H2,1-2H3,(H,16,18)/t11-/m0/s1. The van der Waals surface area contributed by atoms with Gasteiger partial charge in [0.2, 0.25) is 10.0 Å². The van der Waals surface area contributed by atoms with Crippen LogP contribution in [-0.2, 0) is 10.0 Å². The minimum atomic E-state index is -3.31. The molecule has 1 atom stereocenters. The normalized spacial score (nSPS) is 19.2. The minimum absolute atomic E-state index is 0.0943. The first-order valence-electron chi connectivity index (χ1n) is 7.23. The molecule has 2 N–H and O–H groups in total. The number of carbonyl (C=O) groups excluding carboxylic acids is 1. The molecule has 22 heavy (non-hydrogen) atoms. The SMILES string of the molecule is Cc1ccc(C(=O)N2CCCC[C@H]2CNS(C)(=O)=O)c(=O)[nH]1. The van der Waals surface area contributed by atoms with Crippen molar-refractivity contribution in [1.29, 1.82) is 0 Å². The fraction of sp³-hybridized carbons (Fsp3) is 0.571. The summed E-state index contributed by atoms with van der Waals surface area (Å²) in [6.45, 7) is 2.45. The van der Waals surface area contributed by atoms with Crippen molar-refractivity contribution in [2.75, 3.05) is 19.3 Å². The van der Waals surface area contributed by atoms with Crippen molar-refractivity contribution in [3.8, 4) is 0 Å². The van der Waals surface area contributed by atoms with E-state index in [1.165, 1.54) is 6.07 Å². The second-order valence-corrected chi connectivity index (χ2v) is 7.49. The third-order valence-electron chi connectivity index (χ3n) is 3.75. The number of hydrogen-bond acceptors (Lipinski definition) is 4. The molecule has 0 saturated carbocycles. The van der Waals surface area contributed by atoms with Crippen LogP contribution in [0.2, 0.25) is 0 Å². The molecule has 0 aliphatic carbocycles. The highest BCUT2D eigenvalue weighted by atomic mass is 32.2. The summed E-state index contributed by atoms with van der Waals surface area (Å²) in [6, 6.07) is 2.98. The molecule has 1 fully saturated rings. The van der Waals surface area contributed by atoms with E-state index in [0.29, 0.717) is 12.2 Å². The van der Waals surface area contributed by atoms with Gasteiger partial charge in [-0.3, -0.25) is 9.59 Å². The van der Waals surface area contributed by atoms with E-state index in [-0.39, 0.29) is 24.1 Å². The molecule has 122 valence electrons. The third kappa shape index (κ3) is 4.17. The van der Waals surface area contributed by atoms with Gasteiger partial charge >= 0.3 is 0 Å². The Bertz CT molecular complexity index is 711. The van der Waals surface area contributed by atoms with E-state index in [2.05, 4.69) is 9.71 Å². The topological polar surface area (TPSA) is 99.3 Å². The second kappa shape index (κ2) is 6.62. The van der Waals surface area contributed by atoms with Crippen LogP contribution in [0.4, 0.5) is 0 Å². The van der Waals surface area contributed by atoms with Gasteiger partial charge in [-0.1, -0.05) is 0 Å². The summed E-state index contributed by atoms with van der Waals surface area (Å²) in [6.07, 6.45) is 3.60. The number of aromatic amines is 1. The maximum atomic E-state index is 12.6. The van der Waals surface area contributed by atoms with Gasteiger partial charge in [0.1, 0.15) is 5.56 Å². The second-order valence-electron chi connectivity index (χ2n) is 5.65. The number of rotatable bonds is 4. The smallest absolute Gasteiger partial charge is 0.260 e. The van der Waals surface area contributed by atoms with E-state index >= 15 is 0 Å². The van der Waals surface area contributed by atoms with Crippen molar-refractivity contribution in [3.63, 3.8) is 0 Å². The number of carbonyl (C=O) groups is 1. The molecule has 0 spiro atoms. The van der Waals surface area contributed by atoms with Crippen LogP contribution in [0.3, 0.4) is 0 Å². The van der Waals surface area contributed by atoms with Crippen molar-refractivity contribution in [3.05, 3.63) is 33.7 Å². The summed E-state index contributed by atoms with van der Waals surface area (Å²) in [5.41, 5.74) is 0.373. The van der Waals surface area contributed by atoms with E-state index in [1.54, 1.807) is 17.9 Å². The molecule has 1 aromatic heterocycles. The summed E-state index contributed by atoms with van der Waals surface area (Å²) < 4.78 is 24.9. The number of hydrogen-bond donors (Lipinski definition) is 2. The zero-order valence-corrected chi connectivity index (χ0v) is 13.6. The number of piperidine rings is 1. The van der Waals surface area contributed by atoms with Crippen LogP contribution < -0.4 is 10.3 Å². The van der Waals surface area contributed by atoms with Crippen molar-refractivity contribution in [2.45, 2.75) is 32.2 Å². The molecule has 0 aromatic carbocycles. The predicted octanol–water partition coefficient (Wildman–Crippen LogP) is 0.227. The van der Waals surface area contributed by atoms with Gasteiger partial charge in [0, 0.05) is 24.8 Å². The number of sulfonamides is 1. The Hall–Kier alpha value is -1.67. The lowest BCUT2D eigenvalue weighted by atomic mass is 10.0. The highest BCUT2D eigenvalue weighted by Crippen LogP contribution is 2.18. The highest BCUT2D eigenvalue weighted by molar-refractivity contribution is 7.88. The number of H-pyrrole nitrogens is 1. The van der Waals surface area contributed by atoms with Crippen molar-refractivity contribution >= 4 is 15.9 Å². The fourth-order valence-electron chi connectivity index (χ4n) is 2.62. The van der Waals surface area contributed by atoms with Crippen LogP contribution in [0.5, 0.6) is 0 Å². The van der Waals surface area contributed by atoms with E-state index in [1.807, 2.05) is 0 Å². The van der Waals surface area contributed by atoms with Crippen LogP contribution in [0, 0.1) is 6.92 Å². The molecular weight excluding hydrogens is 306 g/mol. The molecule has 7 nitrogen and oxygen atoms in total. The van der Waals surface area contributed by atoms with Gasteiger partial charge in [0.15, 0.2) is 0 Å². The number of nitrogens with one attached hydrogen (secondary N) is 2. The number of aromatic nitrogens is 1. The number of nitrogens with zero attached hydrogens (tertiary/aromatic N) is 1. The number of pyridine rings is 1. The van der Waals surface area contributed by atoms with E-state index < -0.39 is 15.6 Å². The molecule has 2 rings (SSSR count). The average Bonchev–Trinajstić information content (AvgIpc) is 2.44. The molecule has 0 unspecified atom stereocenters. The Balaban J connectivity index is 2.19. The van der Waals surface area contributed by atoms with Crippen LogP contribution in [0.1, 0.15) is 35.3 Å². The predicted molar refractivity (Wildman–Crippen MR) is 83.3 cm³/mol. The van der Waals surface area contributed by atoms with Gasteiger partial charge in [0.05, 0.1) is 6.26 Å². The lowest BCUT2D eigenvalue weighted by molar-refractivity contribution is 0.0617. The van der Waals surface area contributed by atoms with Crippen LogP contribution in [0.25, 0.3) is 0 Å².